The topological polar surface area (TPSA) is 52.4 Å². The highest BCUT2D eigenvalue weighted by molar-refractivity contribution is 5.38. The third-order valence-corrected chi connectivity index (χ3v) is 2.70. The van der Waals surface area contributed by atoms with Crippen LogP contribution < -0.4 is 4.74 Å². The van der Waals surface area contributed by atoms with Crippen molar-refractivity contribution in [1.82, 2.24) is 0 Å². The van der Waals surface area contributed by atoms with E-state index in [9.17, 15) is 10.1 Å². The third-order valence-electron chi connectivity index (χ3n) is 2.70. The summed E-state index contributed by atoms with van der Waals surface area (Å²) in [5.74, 6) is 12.0. The smallest absolute Gasteiger partial charge is 0.269 e. The predicted octanol–water partition coefficient (Wildman–Crippen LogP) is 3.58. The molecule has 0 fully saturated rings. The molecule has 0 unspecified atom stereocenters. The predicted molar refractivity (Wildman–Crippen MR) is 88.8 cm³/mol. The highest BCUT2D eigenvalue weighted by atomic mass is 16.6. The lowest BCUT2D eigenvalue weighted by atomic mass is 10.2. The molecule has 0 spiro atoms. The standard InChI is InChI=1S/C19H13NO3/c21-20(22)18-12-14-19(15-13-18)23-16-8-3-1-2-5-9-17-10-6-4-7-11-17/h1-2,4,6-7,10-15H,16H2/b2-1-. The van der Waals surface area contributed by atoms with Crippen molar-refractivity contribution in [3.63, 3.8) is 0 Å². The summed E-state index contributed by atoms with van der Waals surface area (Å²) in [5, 5.41) is 10.5. The minimum absolute atomic E-state index is 0.0309. The summed E-state index contributed by atoms with van der Waals surface area (Å²) in [6.07, 6.45) is 3.32. The maximum atomic E-state index is 10.5. The molecule has 2 aromatic carbocycles. The Labute approximate surface area is 134 Å². The summed E-state index contributed by atoms with van der Waals surface area (Å²) in [4.78, 5) is 10.1. The van der Waals surface area contributed by atoms with Crippen LogP contribution in [0.15, 0.2) is 66.7 Å². The largest absolute Gasteiger partial charge is 0.481 e. The SMILES string of the molecule is O=[N+]([O-])c1ccc(OCC#C/C=C\C#Cc2ccccc2)cc1. The first-order chi connectivity index (χ1) is 11.3. The minimum atomic E-state index is -0.454. The van der Waals surface area contributed by atoms with Crippen LogP contribution in [0.2, 0.25) is 0 Å². The lowest BCUT2D eigenvalue weighted by molar-refractivity contribution is -0.384. The van der Waals surface area contributed by atoms with Gasteiger partial charge in [-0.15, -0.1) is 0 Å². The molecule has 0 amide bonds. The lowest BCUT2D eigenvalue weighted by Crippen LogP contribution is -1.94. The van der Waals surface area contributed by atoms with Gasteiger partial charge >= 0.3 is 0 Å². The van der Waals surface area contributed by atoms with Crippen molar-refractivity contribution in [3.05, 3.63) is 82.4 Å². The molecule has 0 saturated heterocycles. The maximum Gasteiger partial charge on any atom is 0.269 e. The van der Waals surface area contributed by atoms with Gasteiger partial charge < -0.3 is 4.74 Å². The molecule has 4 heteroatoms. The van der Waals surface area contributed by atoms with E-state index in [0.29, 0.717) is 5.75 Å². The van der Waals surface area contributed by atoms with E-state index < -0.39 is 4.92 Å². The van der Waals surface area contributed by atoms with Gasteiger partial charge in [-0.05, 0) is 36.4 Å². The Hall–Kier alpha value is -3.50. The van der Waals surface area contributed by atoms with Crippen LogP contribution in [0.25, 0.3) is 0 Å². The number of nitro benzene ring substituents is 1. The van der Waals surface area contributed by atoms with Crippen molar-refractivity contribution in [2.24, 2.45) is 0 Å². The molecular weight excluding hydrogens is 290 g/mol. The van der Waals surface area contributed by atoms with Gasteiger partial charge in [0.05, 0.1) is 4.92 Å². The van der Waals surface area contributed by atoms with E-state index in [0.717, 1.165) is 5.56 Å². The average molecular weight is 303 g/mol. The zero-order valence-electron chi connectivity index (χ0n) is 12.2. The number of hydrogen-bond donors (Lipinski definition) is 0. The fourth-order valence-electron chi connectivity index (χ4n) is 1.61. The molecule has 112 valence electrons. The van der Waals surface area contributed by atoms with Crippen LogP contribution in [-0.4, -0.2) is 11.5 Å². The molecule has 0 aliphatic heterocycles. The second-order valence-corrected chi connectivity index (χ2v) is 4.33. The van der Waals surface area contributed by atoms with E-state index >= 15 is 0 Å². The Morgan fingerprint density at radius 1 is 1.00 bits per heavy atom. The molecule has 23 heavy (non-hydrogen) atoms. The van der Waals surface area contributed by atoms with Crippen LogP contribution >= 0.6 is 0 Å². The monoisotopic (exact) mass is 303 g/mol. The second kappa shape index (κ2) is 8.71. The summed E-state index contributed by atoms with van der Waals surface area (Å²) in [6, 6.07) is 15.5. The quantitative estimate of drug-likeness (QED) is 0.495. The number of nitrogens with zero attached hydrogens (tertiary/aromatic N) is 1. The minimum Gasteiger partial charge on any atom is -0.481 e. The van der Waals surface area contributed by atoms with Crippen molar-refractivity contribution < 1.29 is 9.66 Å². The first-order valence-corrected chi connectivity index (χ1v) is 6.83. The first kappa shape index (κ1) is 15.9. The molecule has 4 nitrogen and oxygen atoms in total. The van der Waals surface area contributed by atoms with Crippen LogP contribution in [0.5, 0.6) is 5.75 Å². The van der Waals surface area contributed by atoms with Gasteiger partial charge in [0.1, 0.15) is 12.4 Å². The Bertz CT molecular complexity index is 801. The second-order valence-electron chi connectivity index (χ2n) is 4.33. The van der Waals surface area contributed by atoms with Gasteiger partial charge in [-0.2, -0.15) is 0 Å². The molecule has 2 aromatic rings. The maximum absolute atomic E-state index is 10.5. The van der Waals surface area contributed by atoms with Crippen molar-refractivity contribution in [2.75, 3.05) is 6.61 Å². The van der Waals surface area contributed by atoms with Gasteiger partial charge in [-0.3, -0.25) is 10.1 Å². The fraction of sp³-hybridized carbons (Fsp3) is 0.0526. The number of rotatable bonds is 3. The summed E-state index contributed by atoms with van der Waals surface area (Å²) >= 11 is 0. The van der Waals surface area contributed by atoms with Gasteiger partial charge in [-0.1, -0.05) is 41.9 Å². The Balaban J connectivity index is 1.77. The van der Waals surface area contributed by atoms with Crippen molar-refractivity contribution in [2.45, 2.75) is 0 Å². The highest BCUT2D eigenvalue weighted by Crippen LogP contribution is 2.16. The normalized spacial score (nSPS) is 9.39. The van der Waals surface area contributed by atoms with E-state index in [1.54, 1.807) is 24.3 Å². The molecule has 0 heterocycles. The van der Waals surface area contributed by atoms with E-state index in [1.807, 2.05) is 30.3 Å². The highest BCUT2D eigenvalue weighted by Gasteiger charge is 2.03. The van der Waals surface area contributed by atoms with Crippen LogP contribution in [0.1, 0.15) is 5.56 Å². The number of allylic oxidation sites excluding steroid dienone is 2. The Kier molecular flexibility index (Phi) is 6.02. The van der Waals surface area contributed by atoms with Gasteiger partial charge in [0.15, 0.2) is 0 Å². The zero-order chi connectivity index (χ0) is 16.3. The third kappa shape index (κ3) is 5.79. The van der Waals surface area contributed by atoms with Crippen LogP contribution in [-0.2, 0) is 0 Å². The molecule has 2 rings (SSSR count). The van der Waals surface area contributed by atoms with Crippen LogP contribution in [0.4, 0.5) is 5.69 Å². The molecule has 0 radical (unpaired) electrons. The summed E-state index contributed by atoms with van der Waals surface area (Å²) < 4.78 is 5.35. The zero-order valence-corrected chi connectivity index (χ0v) is 12.2. The first-order valence-electron chi connectivity index (χ1n) is 6.83. The molecule has 0 bridgehead atoms. The summed E-state index contributed by atoms with van der Waals surface area (Å²) in [6.45, 7) is 0.203. The average Bonchev–Trinajstić information content (AvgIpc) is 2.58. The number of nitro groups is 1. The van der Waals surface area contributed by atoms with E-state index in [1.165, 1.54) is 12.1 Å². The molecule has 0 aliphatic carbocycles. The molecule has 0 saturated carbocycles. The fourth-order valence-corrected chi connectivity index (χ4v) is 1.61. The summed E-state index contributed by atoms with van der Waals surface area (Å²) in [7, 11) is 0. The number of non-ortho nitro benzene ring substituents is 1. The number of benzene rings is 2. The molecule has 0 atom stereocenters. The van der Waals surface area contributed by atoms with Crippen LogP contribution in [0.3, 0.4) is 0 Å². The Morgan fingerprint density at radius 2 is 1.70 bits per heavy atom. The molecule has 0 aliphatic rings. The van der Waals surface area contributed by atoms with Crippen LogP contribution in [0, 0.1) is 33.8 Å². The van der Waals surface area contributed by atoms with E-state index in [2.05, 4.69) is 23.7 Å². The summed E-state index contributed by atoms with van der Waals surface area (Å²) in [5.41, 5.74) is 0.981. The molecular formula is C19H13NO3. The molecule has 0 aromatic heterocycles. The van der Waals surface area contributed by atoms with Gasteiger partial charge in [-0.25, -0.2) is 0 Å². The van der Waals surface area contributed by atoms with Crippen molar-refractivity contribution in [3.8, 4) is 29.4 Å². The number of ether oxygens (including phenoxy) is 1. The Morgan fingerprint density at radius 3 is 2.39 bits per heavy atom. The van der Waals surface area contributed by atoms with E-state index in [-0.39, 0.29) is 12.3 Å². The number of hydrogen-bond acceptors (Lipinski definition) is 3. The van der Waals surface area contributed by atoms with Gasteiger partial charge in [0.2, 0.25) is 0 Å². The van der Waals surface area contributed by atoms with Crippen molar-refractivity contribution in [1.29, 1.82) is 0 Å². The van der Waals surface area contributed by atoms with Crippen molar-refractivity contribution >= 4 is 5.69 Å². The molecule has 0 N–H and O–H groups in total. The van der Waals surface area contributed by atoms with Gasteiger partial charge in [0, 0.05) is 17.7 Å². The lowest BCUT2D eigenvalue weighted by Gasteiger charge is -2.00. The van der Waals surface area contributed by atoms with Gasteiger partial charge in [0.25, 0.3) is 5.69 Å². The van der Waals surface area contributed by atoms with E-state index in [4.69, 9.17) is 4.74 Å².